The van der Waals surface area contributed by atoms with Crippen LogP contribution in [0.3, 0.4) is 0 Å². The second kappa shape index (κ2) is 4.77. The van der Waals surface area contributed by atoms with E-state index < -0.39 is 0 Å². The van der Waals surface area contributed by atoms with Crippen LogP contribution >= 0.6 is 0 Å². The van der Waals surface area contributed by atoms with Gasteiger partial charge in [0, 0.05) is 23.5 Å². The van der Waals surface area contributed by atoms with E-state index in [1.807, 2.05) is 30.6 Å². The number of hydrogen-bond donors (Lipinski definition) is 2. The Morgan fingerprint density at radius 3 is 3.05 bits per heavy atom. The molecule has 104 valence electrons. The van der Waals surface area contributed by atoms with Crippen molar-refractivity contribution in [2.75, 3.05) is 5.32 Å². The molecule has 2 N–H and O–H groups in total. The predicted molar refractivity (Wildman–Crippen MR) is 84.5 cm³/mol. The Bertz CT molecular complexity index is 808. The minimum absolute atomic E-state index is 0.298. The first kappa shape index (κ1) is 12.2. The van der Waals surface area contributed by atoms with Gasteiger partial charge in [-0.25, -0.2) is 0 Å². The minimum atomic E-state index is 0.298. The van der Waals surface area contributed by atoms with Crippen molar-refractivity contribution < 1.29 is 5.11 Å². The van der Waals surface area contributed by atoms with Crippen LogP contribution in [-0.4, -0.2) is 10.1 Å². The molecule has 1 aliphatic rings. The molecule has 21 heavy (non-hydrogen) atoms. The first-order chi connectivity index (χ1) is 10.3. The molecule has 0 bridgehead atoms. The zero-order valence-corrected chi connectivity index (χ0v) is 11.6. The quantitative estimate of drug-likeness (QED) is 0.742. The van der Waals surface area contributed by atoms with Gasteiger partial charge in [-0.2, -0.15) is 0 Å². The predicted octanol–water partition coefficient (Wildman–Crippen LogP) is 4.04. The molecule has 1 aromatic heterocycles. The normalized spacial score (nSPS) is 16.9. The third kappa shape index (κ3) is 2.11. The third-order valence-electron chi connectivity index (χ3n) is 4.22. The fourth-order valence-electron chi connectivity index (χ4n) is 3.18. The molecule has 0 saturated carbocycles. The van der Waals surface area contributed by atoms with Crippen LogP contribution < -0.4 is 5.32 Å². The molecule has 0 spiro atoms. The highest BCUT2D eigenvalue weighted by Crippen LogP contribution is 2.36. The lowest BCUT2D eigenvalue weighted by molar-refractivity contribution is 0.474. The molecule has 0 radical (unpaired) electrons. The van der Waals surface area contributed by atoms with Crippen LogP contribution in [0.1, 0.15) is 23.6 Å². The van der Waals surface area contributed by atoms with Gasteiger partial charge in [0.1, 0.15) is 5.75 Å². The summed E-state index contributed by atoms with van der Waals surface area (Å²) < 4.78 is 0. The molecule has 3 aromatic rings. The van der Waals surface area contributed by atoms with E-state index in [9.17, 15) is 5.11 Å². The number of phenolic OH excluding ortho intramolecular Hbond substituents is 1. The van der Waals surface area contributed by atoms with Crippen LogP contribution in [0, 0.1) is 0 Å². The van der Waals surface area contributed by atoms with E-state index in [0.29, 0.717) is 11.8 Å². The zero-order valence-electron chi connectivity index (χ0n) is 11.6. The van der Waals surface area contributed by atoms with Crippen LogP contribution in [-0.2, 0) is 6.42 Å². The lowest BCUT2D eigenvalue weighted by atomic mass is 10.1. The van der Waals surface area contributed by atoms with Gasteiger partial charge in [0.15, 0.2) is 0 Å². The average Bonchev–Trinajstić information content (AvgIpc) is 2.90. The minimum Gasteiger partial charge on any atom is -0.508 e. The highest BCUT2D eigenvalue weighted by atomic mass is 16.3. The van der Waals surface area contributed by atoms with Crippen molar-refractivity contribution in [2.24, 2.45) is 0 Å². The van der Waals surface area contributed by atoms with E-state index >= 15 is 0 Å². The molecule has 4 rings (SSSR count). The van der Waals surface area contributed by atoms with Crippen LogP contribution in [0.15, 0.2) is 54.9 Å². The van der Waals surface area contributed by atoms with E-state index in [-0.39, 0.29) is 0 Å². The molecule has 0 aliphatic heterocycles. The molecular weight excluding hydrogens is 260 g/mol. The molecule has 1 aliphatic carbocycles. The van der Waals surface area contributed by atoms with Crippen LogP contribution in [0.4, 0.5) is 5.69 Å². The van der Waals surface area contributed by atoms with Gasteiger partial charge in [-0.05, 0) is 53.6 Å². The number of anilines is 1. The van der Waals surface area contributed by atoms with E-state index in [1.54, 1.807) is 6.07 Å². The monoisotopic (exact) mass is 276 g/mol. The standard InChI is InChI=1S/C18H16N2O/c21-14-5-6-15-13(10-14)4-7-18(15)20-17-3-1-2-12-8-9-19-11-16(12)17/h1-3,5-6,8-11,18,20-21H,4,7H2. The Labute approximate surface area is 123 Å². The molecule has 1 atom stereocenters. The summed E-state index contributed by atoms with van der Waals surface area (Å²) in [6, 6.07) is 14.3. The number of phenols is 1. The fraction of sp³-hybridized carbons (Fsp3) is 0.167. The van der Waals surface area contributed by atoms with Crippen LogP contribution in [0.2, 0.25) is 0 Å². The highest BCUT2D eigenvalue weighted by Gasteiger charge is 2.22. The van der Waals surface area contributed by atoms with Crippen LogP contribution in [0.25, 0.3) is 10.8 Å². The van der Waals surface area contributed by atoms with Crippen molar-refractivity contribution in [3.8, 4) is 5.75 Å². The second-order valence-electron chi connectivity index (χ2n) is 5.52. The Morgan fingerprint density at radius 1 is 1.14 bits per heavy atom. The number of fused-ring (bicyclic) bond motifs is 2. The number of hydrogen-bond acceptors (Lipinski definition) is 3. The topological polar surface area (TPSA) is 45.1 Å². The van der Waals surface area contributed by atoms with Gasteiger partial charge in [0.2, 0.25) is 0 Å². The van der Waals surface area contributed by atoms with E-state index in [0.717, 1.165) is 23.9 Å². The second-order valence-corrected chi connectivity index (χ2v) is 5.52. The van der Waals surface area contributed by atoms with Crippen LogP contribution in [0.5, 0.6) is 5.75 Å². The maximum Gasteiger partial charge on any atom is 0.115 e. The van der Waals surface area contributed by atoms with E-state index in [4.69, 9.17) is 0 Å². The number of benzene rings is 2. The molecule has 3 heteroatoms. The molecule has 1 unspecified atom stereocenters. The first-order valence-corrected chi connectivity index (χ1v) is 7.22. The SMILES string of the molecule is Oc1ccc2c(c1)CCC2Nc1cccc2ccncc12. The third-order valence-corrected chi connectivity index (χ3v) is 4.22. The molecule has 0 fully saturated rings. The van der Waals surface area contributed by atoms with Crippen molar-refractivity contribution in [2.45, 2.75) is 18.9 Å². The van der Waals surface area contributed by atoms with Crippen molar-refractivity contribution in [3.05, 3.63) is 66.0 Å². The molecule has 0 amide bonds. The number of nitrogens with one attached hydrogen (secondary N) is 1. The summed E-state index contributed by atoms with van der Waals surface area (Å²) >= 11 is 0. The number of nitrogens with zero attached hydrogens (tertiary/aromatic N) is 1. The van der Waals surface area contributed by atoms with Gasteiger partial charge in [0.25, 0.3) is 0 Å². The Kier molecular flexibility index (Phi) is 2.78. The number of aryl methyl sites for hydroxylation is 1. The highest BCUT2D eigenvalue weighted by molar-refractivity contribution is 5.93. The summed E-state index contributed by atoms with van der Waals surface area (Å²) in [6.07, 6.45) is 5.78. The van der Waals surface area contributed by atoms with Crippen molar-refractivity contribution in [1.82, 2.24) is 4.98 Å². The van der Waals surface area contributed by atoms with Gasteiger partial charge >= 0.3 is 0 Å². The summed E-state index contributed by atoms with van der Waals surface area (Å²) in [7, 11) is 0. The van der Waals surface area contributed by atoms with Crippen molar-refractivity contribution in [3.63, 3.8) is 0 Å². The summed E-state index contributed by atoms with van der Waals surface area (Å²) in [5, 5.41) is 15.6. The Hall–Kier alpha value is -2.55. The maximum absolute atomic E-state index is 9.59. The van der Waals surface area contributed by atoms with Gasteiger partial charge < -0.3 is 10.4 Å². The number of rotatable bonds is 2. The number of aromatic hydroxyl groups is 1. The van der Waals surface area contributed by atoms with Crippen molar-refractivity contribution in [1.29, 1.82) is 0 Å². The van der Waals surface area contributed by atoms with Gasteiger partial charge in [-0.15, -0.1) is 0 Å². The Balaban J connectivity index is 1.71. The molecule has 1 heterocycles. The smallest absolute Gasteiger partial charge is 0.115 e. The molecular formula is C18H16N2O. The summed E-state index contributed by atoms with van der Waals surface area (Å²) in [5.41, 5.74) is 3.64. The summed E-state index contributed by atoms with van der Waals surface area (Å²) in [6.45, 7) is 0. The first-order valence-electron chi connectivity index (χ1n) is 7.22. The van der Waals surface area contributed by atoms with E-state index in [2.05, 4.69) is 28.5 Å². The lowest BCUT2D eigenvalue weighted by Gasteiger charge is -2.17. The summed E-state index contributed by atoms with van der Waals surface area (Å²) in [4.78, 5) is 4.23. The molecule has 2 aromatic carbocycles. The number of pyridine rings is 1. The Morgan fingerprint density at radius 2 is 2.10 bits per heavy atom. The molecule has 3 nitrogen and oxygen atoms in total. The lowest BCUT2D eigenvalue weighted by Crippen LogP contribution is -2.07. The maximum atomic E-state index is 9.59. The number of aromatic nitrogens is 1. The average molecular weight is 276 g/mol. The molecule has 0 saturated heterocycles. The van der Waals surface area contributed by atoms with Gasteiger partial charge in [0.05, 0.1) is 6.04 Å². The van der Waals surface area contributed by atoms with Crippen molar-refractivity contribution >= 4 is 16.5 Å². The van der Waals surface area contributed by atoms with Gasteiger partial charge in [-0.3, -0.25) is 4.98 Å². The largest absolute Gasteiger partial charge is 0.508 e. The fourth-order valence-corrected chi connectivity index (χ4v) is 3.18. The van der Waals surface area contributed by atoms with Gasteiger partial charge in [-0.1, -0.05) is 18.2 Å². The summed E-state index contributed by atoms with van der Waals surface area (Å²) in [5.74, 6) is 0.351. The zero-order chi connectivity index (χ0) is 14.2. The van der Waals surface area contributed by atoms with E-state index in [1.165, 1.54) is 16.5 Å².